The van der Waals surface area contributed by atoms with Gasteiger partial charge in [0.1, 0.15) is 6.04 Å². The molecule has 0 spiro atoms. The Kier molecular flexibility index (Phi) is 6.81. The Bertz CT molecular complexity index is 1260. The number of nitrogens with two attached hydrogens (primary N) is 1. The van der Waals surface area contributed by atoms with E-state index in [1.807, 2.05) is 0 Å². The van der Waals surface area contributed by atoms with Crippen LogP contribution in [0, 0.1) is 5.92 Å². The minimum absolute atomic E-state index is 0.0529. The molecule has 1 unspecified atom stereocenters. The van der Waals surface area contributed by atoms with Crippen LogP contribution in [-0.4, -0.2) is 54.0 Å². The fourth-order valence-corrected chi connectivity index (χ4v) is 2.91. The second-order valence-corrected chi connectivity index (χ2v) is 7.25. The van der Waals surface area contributed by atoms with Crippen LogP contribution >= 0.6 is 0 Å². The zero-order valence-electron chi connectivity index (χ0n) is 17.4. The van der Waals surface area contributed by atoms with Gasteiger partial charge >= 0.3 is 11.9 Å². The van der Waals surface area contributed by atoms with Gasteiger partial charge in [-0.1, -0.05) is 6.92 Å². The highest BCUT2D eigenvalue weighted by atomic mass is 16.4. The lowest BCUT2D eigenvalue weighted by Gasteiger charge is -2.16. The summed E-state index contributed by atoms with van der Waals surface area (Å²) in [5.41, 5.74) is 6.47. The Morgan fingerprint density at radius 3 is 2.45 bits per heavy atom. The Morgan fingerprint density at radius 2 is 1.82 bits per heavy atom. The smallest absolute Gasteiger partial charge is 0.326 e. The minimum Gasteiger partial charge on any atom is -0.481 e. The summed E-state index contributed by atoms with van der Waals surface area (Å²) in [6.45, 7) is 1.60. The van der Waals surface area contributed by atoms with Gasteiger partial charge in [0.15, 0.2) is 11.2 Å². The maximum absolute atomic E-state index is 12.4. The fourth-order valence-electron chi connectivity index (χ4n) is 2.91. The van der Waals surface area contributed by atoms with Gasteiger partial charge in [-0.15, -0.1) is 0 Å². The second kappa shape index (κ2) is 9.72. The first-order valence-corrected chi connectivity index (χ1v) is 9.76. The number of amides is 1. The van der Waals surface area contributed by atoms with Gasteiger partial charge in [-0.05, 0) is 30.7 Å². The summed E-state index contributed by atoms with van der Waals surface area (Å²) in [6, 6.07) is 4.85. The normalized spacial score (nSPS) is 12.6. The van der Waals surface area contributed by atoms with Crippen molar-refractivity contribution in [1.82, 2.24) is 25.3 Å². The number of anilines is 2. The van der Waals surface area contributed by atoms with Gasteiger partial charge in [-0.2, -0.15) is 4.98 Å². The van der Waals surface area contributed by atoms with Crippen molar-refractivity contribution in [2.24, 2.45) is 5.92 Å². The molecule has 0 saturated heterocycles. The Morgan fingerprint density at radius 1 is 1.12 bits per heavy atom. The highest BCUT2D eigenvalue weighted by Gasteiger charge is 2.25. The molecule has 13 nitrogen and oxygen atoms in total. The van der Waals surface area contributed by atoms with E-state index in [1.54, 1.807) is 12.1 Å². The van der Waals surface area contributed by atoms with Crippen molar-refractivity contribution < 1.29 is 24.6 Å². The molecule has 3 rings (SSSR count). The van der Waals surface area contributed by atoms with Crippen LogP contribution in [-0.2, 0) is 16.1 Å². The van der Waals surface area contributed by atoms with Crippen molar-refractivity contribution in [2.75, 3.05) is 11.1 Å². The number of carboxylic acids is 2. The summed E-state index contributed by atoms with van der Waals surface area (Å²) in [5, 5.41) is 23.6. The van der Waals surface area contributed by atoms with Crippen molar-refractivity contribution in [1.29, 1.82) is 0 Å². The molecule has 7 N–H and O–H groups in total. The van der Waals surface area contributed by atoms with Crippen LogP contribution in [0.5, 0.6) is 0 Å². The largest absolute Gasteiger partial charge is 0.481 e. The van der Waals surface area contributed by atoms with E-state index in [-0.39, 0.29) is 35.6 Å². The van der Waals surface area contributed by atoms with Gasteiger partial charge in [0, 0.05) is 11.3 Å². The number of nitrogens with one attached hydrogen (secondary N) is 3. The van der Waals surface area contributed by atoms with Gasteiger partial charge in [0.25, 0.3) is 11.5 Å². The summed E-state index contributed by atoms with van der Waals surface area (Å²) < 4.78 is 0. The van der Waals surface area contributed by atoms with Crippen molar-refractivity contribution in [3.63, 3.8) is 0 Å². The molecule has 33 heavy (non-hydrogen) atoms. The summed E-state index contributed by atoms with van der Waals surface area (Å²) in [7, 11) is 0. The maximum Gasteiger partial charge on any atom is 0.326 e. The number of nitrogens with zero attached hydrogens (tertiary/aromatic N) is 3. The first kappa shape index (κ1) is 23.1. The van der Waals surface area contributed by atoms with Crippen molar-refractivity contribution >= 4 is 40.6 Å². The summed E-state index contributed by atoms with van der Waals surface area (Å²) >= 11 is 0. The molecule has 2 atom stereocenters. The van der Waals surface area contributed by atoms with Gasteiger partial charge in [0.05, 0.1) is 24.4 Å². The SMILES string of the molecule is CC(C[C@@H](NC(=O)c1ccc(NCc2cnc3nc(N)[nH]c(=O)c3n2)cc1)C(=O)O)C(=O)O. The molecule has 2 heterocycles. The van der Waals surface area contributed by atoms with E-state index in [9.17, 15) is 24.3 Å². The van der Waals surface area contributed by atoms with Gasteiger partial charge in [-0.3, -0.25) is 19.4 Å². The van der Waals surface area contributed by atoms with Gasteiger partial charge < -0.3 is 26.6 Å². The number of hydrogen-bond donors (Lipinski definition) is 6. The topological polar surface area (TPSA) is 213 Å². The molecule has 2 aromatic heterocycles. The van der Waals surface area contributed by atoms with Crippen LogP contribution in [0.2, 0.25) is 0 Å². The standard InChI is InChI=1S/C20H21N7O6/c1-9(18(30)31)6-13(19(32)33)25-16(28)10-2-4-11(5-3-10)22-7-12-8-23-15-14(24-12)17(29)27-20(21)26-15/h2-5,8-9,13,22H,6-7H2,1H3,(H,25,28)(H,30,31)(H,32,33)(H3,21,23,26,27,29)/t9?,13-/m1/s1. The molecular formula is C20H21N7O6. The summed E-state index contributed by atoms with van der Waals surface area (Å²) in [5.74, 6) is -4.09. The number of aliphatic carboxylic acids is 2. The van der Waals surface area contributed by atoms with E-state index in [4.69, 9.17) is 10.8 Å². The van der Waals surface area contributed by atoms with Crippen molar-refractivity contribution in [3.05, 3.63) is 52.1 Å². The maximum atomic E-state index is 12.4. The number of aromatic amines is 1. The van der Waals surface area contributed by atoms with Gasteiger partial charge in [-0.25, -0.2) is 14.8 Å². The number of carbonyl (C=O) groups excluding carboxylic acids is 1. The Hall–Kier alpha value is -4.55. The predicted octanol–water partition coefficient (Wildman–Crippen LogP) is 0.201. The molecule has 0 bridgehead atoms. The third-order valence-electron chi connectivity index (χ3n) is 4.72. The zero-order chi connectivity index (χ0) is 24.1. The fraction of sp³-hybridized carbons (Fsp3) is 0.250. The first-order chi connectivity index (χ1) is 15.6. The number of H-pyrrole nitrogens is 1. The third-order valence-corrected chi connectivity index (χ3v) is 4.72. The van der Waals surface area contributed by atoms with Crippen LogP contribution in [0.3, 0.4) is 0 Å². The molecule has 0 aliphatic heterocycles. The molecule has 1 aromatic carbocycles. The highest BCUT2D eigenvalue weighted by Crippen LogP contribution is 2.13. The van der Waals surface area contributed by atoms with E-state index in [1.165, 1.54) is 25.3 Å². The average molecular weight is 455 g/mol. The number of carbonyl (C=O) groups is 3. The Balaban J connectivity index is 1.63. The van der Waals surface area contributed by atoms with E-state index < -0.39 is 35.4 Å². The molecular weight excluding hydrogens is 434 g/mol. The van der Waals surface area contributed by atoms with Crippen LogP contribution < -0.4 is 21.9 Å². The predicted molar refractivity (Wildman–Crippen MR) is 116 cm³/mol. The number of nitrogen functional groups attached to an aromatic ring is 1. The molecule has 0 radical (unpaired) electrons. The van der Waals surface area contributed by atoms with E-state index in [0.29, 0.717) is 11.4 Å². The molecule has 172 valence electrons. The van der Waals surface area contributed by atoms with Gasteiger partial charge in [0.2, 0.25) is 5.95 Å². The number of fused-ring (bicyclic) bond motifs is 1. The van der Waals surface area contributed by atoms with Crippen LogP contribution in [0.25, 0.3) is 11.2 Å². The quantitative estimate of drug-likeness (QED) is 0.256. The lowest BCUT2D eigenvalue weighted by atomic mass is 10.0. The molecule has 1 amide bonds. The zero-order valence-corrected chi connectivity index (χ0v) is 17.4. The monoisotopic (exact) mass is 455 g/mol. The minimum atomic E-state index is -1.33. The van der Waals surface area contributed by atoms with E-state index in [0.717, 1.165) is 0 Å². The third kappa shape index (κ3) is 5.78. The van der Waals surface area contributed by atoms with Crippen molar-refractivity contribution in [2.45, 2.75) is 25.9 Å². The molecule has 0 aliphatic carbocycles. The average Bonchev–Trinajstić information content (AvgIpc) is 2.77. The number of benzene rings is 1. The second-order valence-electron chi connectivity index (χ2n) is 7.25. The molecule has 0 aliphatic rings. The van der Waals surface area contributed by atoms with Crippen LogP contribution in [0.4, 0.5) is 11.6 Å². The molecule has 3 aromatic rings. The number of carboxylic acid groups (broad SMARTS) is 2. The van der Waals surface area contributed by atoms with Crippen molar-refractivity contribution in [3.8, 4) is 0 Å². The van der Waals surface area contributed by atoms with E-state index in [2.05, 4.69) is 30.6 Å². The lowest BCUT2D eigenvalue weighted by molar-refractivity contribution is -0.143. The molecule has 0 fully saturated rings. The van der Waals surface area contributed by atoms with E-state index >= 15 is 0 Å². The summed E-state index contributed by atoms with van der Waals surface area (Å²) in [4.78, 5) is 61.2. The van der Waals surface area contributed by atoms with Crippen LogP contribution in [0.15, 0.2) is 35.3 Å². The first-order valence-electron chi connectivity index (χ1n) is 9.76. The number of rotatable bonds is 9. The molecule has 0 saturated carbocycles. The Labute approximate surface area is 186 Å². The van der Waals surface area contributed by atoms with Crippen LogP contribution in [0.1, 0.15) is 29.4 Å². The lowest BCUT2D eigenvalue weighted by Crippen LogP contribution is -2.42. The number of hydrogen-bond acceptors (Lipinski definition) is 9. The summed E-state index contributed by atoms with van der Waals surface area (Å²) in [6.07, 6.45) is 1.21. The molecule has 13 heteroatoms. The number of aromatic nitrogens is 4. The highest BCUT2D eigenvalue weighted by molar-refractivity contribution is 5.97.